The molecular formula is C56H103O11P. The lowest BCUT2D eigenvalue weighted by molar-refractivity contribution is -0.161. The van der Waals surface area contributed by atoms with E-state index in [0.29, 0.717) is 19.3 Å². The Balaban J connectivity index is 4.72. The van der Waals surface area contributed by atoms with Gasteiger partial charge in [0.15, 0.2) is 6.10 Å². The second-order valence-electron chi connectivity index (χ2n) is 18.8. The van der Waals surface area contributed by atoms with Gasteiger partial charge in [0.25, 0.3) is 0 Å². The van der Waals surface area contributed by atoms with Crippen molar-refractivity contribution < 1.29 is 52.2 Å². The van der Waals surface area contributed by atoms with Crippen molar-refractivity contribution in [3.8, 4) is 0 Å². The van der Waals surface area contributed by atoms with E-state index >= 15 is 0 Å². The summed E-state index contributed by atoms with van der Waals surface area (Å²) in [5.74, 6) is -1.46. The smallest absolute Gasteiger partial charge is 0.462 e. The maximum absolute atomic E-state index is 12.9. The third-order valence-corrected chi connectivity index (χ3v) is 13.0. The summed E-state index contributed by atoms with van der Waals surface area (Å²) in [5.41, 5.74) is 0. The van der Waals surface area contributed by atoms with Gasteiger partial charge in [0.2, 0.25) is 0 Å². The SMILES string of the molecule is CCCCC/C=C\C/C=C\C/C=C\CCCCCCCCC(=O)OC(COC(=O)CCCCCCCCCCCCCCC)COP(=O)(O)OCC(CO)OC(=O)CCCCCCCCCCC. The molecule has 398 valence electrons. The van der Waals surface area contributed by atoms with Crippen LogP contribution in [0.3, 0.4) is 0 Å². The molecule has 0 fully saturated rings. The summed E-state index contributed by atoms with van der Waals surface area (Å²) >= 11 is 0. The predicted octanol–water partition coefficient (Wildman–Crippen LogP) is 16.0. The molecule has 2 N–H and O–H groups in total. The van der Waals surface area contributed by atoms with Gasteiger partial charge in [-0.05, 0) is 57.8 Å². The molecule has 0 aromatic rings. The van der Waals surface area contributed by atoms with Crippen LogP contribution in [0.5, 0.6) is 0 Å². The number of phosphoric acid groups is 1. The molecule has 0 aromatic carbocycles. The summed E-state index contributed by atoms with van der Waals surface area (Å²) in [5, 5.41) is 9.76. The molecule has 0 aliphatic rings. The minimum absolute atomic E-state index is 0.157. The van der Waals surface area contributed by atoms with Gasteiger partial charge in [-0.15, -0.1) is 0 Å². The zero-order valence-corrected chi connectivity index (χ0v) is 44.7. The molecule has 11 nitrogen and oxygen atoms in total. The zero-order valence-electron chi connectivity index (χ0n) is 43.8. The van der Waals surface area contributed by atoms with Gasteiger partial charge in [-0.3, -0.25) is 23.4 Å². The number of phosphoric ester groups is 1. The molecule has 0 aliphatic heterocycles. The van der Waals surface area contributed by atoms with Gasteiger partial charge in [-0.2, -0.15) is 0 Å². The number of esters is 3. The maximum atomic E-state index is 12.9. The van der Waals surface area contributed by atoms with Crippen LogP contribution >= 0.6 is 7.82 Å². The van der Waals surface area contributed by atoms with Gasteiger partial charge in [-0.1, -0.05) is 224 Å². The summed E-state index contributed by atoms with van der Waals surface area (Å²) in [6, 6.07) is 0. The highest BCUT2D eigenvalue weighted by Gasteiger charge is 2.28. The Bertz CT molecular complexity index is 1280. The van der Waals surface area contributed by atoms with Gasteiger partial charge < -0.3 is 24.2 Å². The normalized spacial score (nSPS) is 13.7. The Kier molecular flexibility index (Phi) is 49.3. The first-order valence-corrected chi connectivity index (χ1v) is 29.4. The lowest BCUT2D eigenvalue weighted by Crippen LogP contribution is -2.30. The number of carbonyl (C=O) groups is 3. The molecule has 0 saturated heterocycles. The third kappa shape index (κ3) is 48.7. The molecule has 3 unspecified atom stereocenters. The Morgan fingerprint density at radius 2 is 0.721 bits per heavy atom. The molecule has 0 rings (SSSR count). The highest BCUT2D eigenvalue weighted by Crippen LogP contribution is 2.43. The summed E-state index contributed by atoms with van der Waals surface area (Å²) in [6.07, 6.45) is 51.1. The van der Waals surface area contributed by atoms with Crippen LogP contribution in [0.15, 0.2) is 36.5 Å². The lowest BCUT2D eigenvalue weighted by atomic mass is 10.0. The van der Waals surface area contributed by atoms with Gasteiger partial charge in [0.05, 0.1) is 19.8 Å². The number of hydrogen-bond acceptors (Lipinski definition) is 10. The molecule has 0 heterocycles. The standard InChI is InChI=1S/C56H103O11P/c1-4-7-10-13-16-19-21-23-24-25-26-27-28-30-32-35-38-41-44-47-56(60)67-53(49-63-54(58)45-42-39-36-34-31-29-22-20-17-14-11-8-5-2)51-65-68(61,62)64-50-52(48-57)66-55(59)46-43-40-37-33-18-15-12-9-6-3/h16,19,23-24,26-27,52-53,57H,4-15,17-18,20-22,25,28-51H2,1-3H3,(H,61,62)/b19-16-,24-23-,27-26-. The molecule has 0 spiro atoms. The molecular weight excluding hydrogens is 880 g/mol. The number of carbonyl (C=O) groups excluding carboxylic acids is 3. The van der Waals surface area contributed by atoms with Gasteiger partial charge in [0, 0.05) is 19.3 Å². The fraction of sp³-hybridized carbons (Fsp3) is 0.839. The molecule has 12 heteroatoms. The molecule has 3 atom stereocenters. The minimum atomic E-state index is -4.74. The molecule has 0 bridgehead atoms. The Morgan fingerprint density at radius 1 is 0.412 bits per heavy atom. The van der Waals surface area contributed by atoms with Crippen LogP contribution in [-0.4, -0.2) is 66.5 Å². The van der Waals surface area contributed by atoms with Crippen LogP contribution < -0.4 is 0 Å². The van der Waals surface area contributed by atoms with Crippen LogP contribution in [0.4, 0.5) is 0 Å². The van der Waals surface area contributed by atoms with E-state index in [0.717, 1.165) is 89.9 Å². The van der Waals surface area contributed by atoms with Crippen LogP contribution in [0.25, 0.3) is 0 Å². The van der Waals surface area contributed by atoms with E-state index in [2.05, 4.69) is 57.2 Å². The molecule has 0 saturated carbocycles. The van der Waals surface area contributed by atoms with Crippen molar-refractivity contribution in [2.75, 3.05) is 26.4 Å². The zero-order chi connectivity index (χ0) is 49.9. The third-order valence-electron chi connectivity index (χ3n) is 12.1. The van der Waals surface area contributed by atoms with Crippen molar-refractivity contribution in [2.24, 2.45) is 0 Å². The quantitative estimate of drug-likeness (QED) is 0.0197. The van der Waals surface area contributed by atoms with Crippen molar-refractivity contribution in [1.82, 2.24) is 0 Å². The Hall–Kier alpha value is -2.30. The second kappa shape index (κ2) is 51.1. The fourth-order valence-corrected chi connectivity index (χ4v) is 8.56. The van der Waals surface area contributed by atoms with Gasteiger partial charge in [0.1, 0.15) is 12.7 Å². The van der Waals surface area contributed by atoms with Crippen molar-refractivity contribution >= 4 is 25.7 Å². The van der Waals surface area contributed by atoms with Gasteiger partial charge >= 0.3 is 25.7 Å². The van der Waals surface area contributed by atoms with E-state index in [1.807, 2.05) is 0 Å². The number of allylic oxidation sites excluding steroid dienone is 6. The van der Waals surface area contributed by atoms with Crippen molar-refractivity contribution in [1.29, 1.82) is 0 Å². The highest BCUT2D eigenvalue weighted by atomic mass is 31.2. The summed E-state index contributed by atoms with van der Waals surface area (Å²) < 4.78 is 39.4. The molecule has 0 amide bonds. The van der Waals surface area contributed by atoms with Crippen LogP contribution in [0.2, 0.25) is 0 Å². The molecule has 0 aromatic heterocycles. The molecule has 0 aliphatic carbocycles. The number of rotatable bonds is 52. The fourth-order valence-electron chi connectivity index (χ4n) is 7.78. The van der Waals surface area contributed by atoms with Gasteiger partial charge in [-0.25, -0.2) is 4.57 Å². The maximum Gasteiger partial charge on any atom is 0.472 e. The average Bonchev–Trinajstić information content (AvgIpc) is 3.32. The highest BCUT2D eigenvalue weighted by molar-refractivity contribution is 7.47. The molecule has 68 heavy (non-hydrogen) atoms. The molecule has 0 radical (unpaired) electrons. The van der Waals surface area contributed by atoms with Crippen molar-refractivity contribution in [3.63, 3.8) is 0 Å². The first-order valence-electron chi connectivity index (χ1n) is 27.9. The van der Waals surface area contributed by atoms with Crippen molar-refractivity contribution in [2.45, 2.75) is 277 Å². The number of unbranched alkanes of at least 4 members (excludes halogenated alkanes) is 29. The Morgan fingerprint density at radius 3 is 1.13 bits per heavy atom. The lowest BCUT2D eigenvalue weighted by Gasteiger charge is -2.21. The largest absolute Gasteiger partial charge is 0.472 e. The van der Waals surface area contributed by atoms with Crippen LogP contribution in [-0.2, 0) is 42.2 Å². The van der Waals surface area contributed by atoms with Crippen molar-refractivity contribution in [3.05, 3.63) is 36.5 Å². The topological polar surface area (TPSA) is 155 Å². The van der Waals surface area contributed by atoms with Crippen LogP contribution in [0.1, 0.15) is 265 Å². The van der Waals surface area contributed by atoms with Crippen LogP contribution in [0, 0.1) is 0 Å². The van der Waals surface area contributed by atoms with E-state index in [1.54, 1.807) is 0 Å². The predicted molar refractivity (Wildman–Crippen MR) is 279 cm³/mol. The second-order valence-corrected chi connectivity index (χ2v) is 20.2. The van der Waals surface area contributed by atoms with E-state index in [9.17, 15) is 28.9 Å². The van der Waals surface area contributed by atoms with E-state index < -0.39 is 57.8 Å². The number of hydrogen-bond donors (Lipinski definition) is 2. The summed E-state index contributed by atoms with van der Waals surface area (Å²) in [6.45, 7) is 4.60. The summed E-state index contributed by atoms with van der Waals surface area (Å²) in [4.78, 5) is 48.3. The summed E-state index contributed by atoms with van der Waals surface area (Å²) in [7, 11) is -4.74. The monoisotopic (exact) mass is 983 g/mol. The first-order chi connectivity index (χ1) is 33.2. The van der Waals surface area contributed by atoms with E-state index in [-0.39, 0.29) is 25.9 Å². The van der Waals surface area contributed by atoms with E-state index in [1.165, 1.54) is 116 Å². The average molecular weight is 983 g/mol. The number of aliphatic hydroxyl groups is 1. The van der Waals surface area contributed by atoms with E-state index in [4.69, 9.17) is 23.3 Å². The minimum Gasteiger partial charge on any atom is -0.462 e. The number of ether oxygens (including phenoxy) is 3. The first kappa shape index (κ1) is 65.7. The number of aliphatic hydroxyl groups excluding tert-OH is 1. The Labute approximate surface area is 416 Å².